The van der Waals surface area contributed by atoms with Crippen LogP contribution in [-0.2, 0) is 4.74 Å². The summed E-state index contributed by atoms with van der Waals surface area (Å²) in [4.78, 5) is 4.15. The standard InChI is InChI=1S/C16H26FN3O2.HI/c1-18-16(20-11-5-12-21-2)19-10-3-4-13-22-15-8-6-14(17)7-9-15;/h6-9H,3-5,10-13H2,1-2H3,(H2,18,19,20);1H. The highest BCUT2D eigenvalue weighted by molar-refractivity contribution is 14.0. The topological polar surface area (TPSA) is 54.9 Å². The third-order valence-electron chi connectivity index (χ3n) is 2.99. The smallest absolute Gasteiger partial charge is 0.190 e. The van der Waals surface area contributed by atoms with E-state index in [1.54, 1.807) is 26.3 Å². The quantitative estimate of drug-likeness (QED) is 0.255. The first kappa shape index (κ1) is 21.9. The number of guanidine groups is 1. The van der Waals surface area contributed by atoms with E-state index in [-0.39, 0.29) is 29.8 Å². The molecular weight excluding hydrogens is 412 g/mol. The highest BCUT2D eigenvalue weighted by atomic mass is 127. The predicted molar refractivity (Wildman–Crippen MR) is 102 cm³/mol. The number of unbranched alkanes of at least 4 members (excludes halogenated alkanes) is 1. The van der Waals surface area contributed by atoms with Crippen molar-refractivity contribution in [1.29, 1.82) is 0 Å². The van der Waals surface area contributed by atoms with E-state index in [1.165, 1.54) is 12.1 Å². The molecule has 1 aromatic rings. The zero-order valence-electron chi connectivity index (χ0n) is 13.8. The molecule has 0 unspecified atom stereocenters. The molecule has 2 N–H and O–H groups in total. The minimum absolute atomic E-state index is 0. The molecule has 0 aliphatic rings. The van der Waals surface area contributed by atoms with Crippen LogP contribution in [0, 0.1) is 5.82 Å². The molecule has 1 rings (SSSR count). The van der Waals surface area contributed by atoms with E-state index in [2.05, 4.69) is 15.6 Å². The van der Waals surface area contributed by atoms with E-state index in [9.17, 15) is 4.39 Å². The first-order valence-electron chi connectivity index (χ1n) is 7.58. The molecule has 0 bridgehead atoms. The summed E-state index contributed by atoms with van der Waals surface area (Å²) in [5, 5.41) is 6.46. The second kappa shape index (κ2) is 14.5. The van der Waals surface area contributed by atoms with Crippen molar-refractivity contribution in [3.63, 3.8) is 0 Å². The van der Waals surface area contributed by atoms with Crippen molar-refractivity contribution in [3.05, 3.63) is 30.1 Å². The third kappa shape index (κ3) is 11.1. The normalized spacial score (nSPS) is 10.8. The van der Waals surface area contributed by atoms with Crippen LogP contribution < -0.4 is 15.4 Å². The summed E-state index contributed by atoms with van der Waals surface area (Å²) in [5.41, 5.74) is 0. The number of benzene rings is 1. The van der Waals surface area contributed by atoms with Crippen molar-refractivity contribution in [3.8, 4) is 5.75 Å². The Bertz CT molecular complexity index is 430. The molecule has 0 aliphatic heterocycles. The number of nitrogens with zero attached hydrogens (tertiary/aromatic N) is 1. The number of rotatable bonds is 10. The molecule has 0 radical (unpaired) electrons. The highest BCUT2D eigenvalue weighted by Crippen LogP contribution is 2.11. The maximum atomic E-state index is 12.7. The van der Waals surface area contributed by atoms with E-state index in [4.69, 9.17) is 9.47 Å². The molecule has 132 valence electrons. The van der Waals surface area contributed by atoms with E-state index < -0.39 is 0 Å². The van der Waals surface area contributed by atoms with Gasteiger partial charge in [-0.3, -0.25) is 4.99 Å². The van der Waals surface area contributed by atoms with Gasteiger partial charge in [-0.25, -0.2) is 4.39 Å². The highest BCUT2D eigenvalue weighted by Gasteiger charge is 1.97. The fourth-order valence-corrected chi connectivity index (χ4v) is 1.80. The summed E-state index contributed by atoms with van der Waals surface area (Å²) in [6.07, 6.45) is 2.84. The molecule has 1 aromatic carbocycles. The van der Waals surface area contributed by atoms with Crippen molar-refractivity contribution >= 4 is 29.9 Å². The lowest BCUT2D eigenvalue weighted by molar-refractivity contribution is 0.195. The lowest BCUT2D eigenvalue weighted by atomic mass is 10.3. The van der Waals surface area contributed by atoms with E-state index in [0.717, 1.165) is 44.9 Å². The number of halogens is 2. The van der Waals surface area contributed by atoms with Gasteiger partial charge in [-0.15, -0.1) is 24.0 Å². The molecule has 0 aromatic heterocycles. The molecule has 0 aliphatic carbocycles. The predicted octanol–water partition coefficient (Wildman–Crippen LogP) is 2.80. The molecule has 7 heteroatoms. The van der Waals surface area contributed by atoms with Crippen molar-refractivity contribution in [2.24, 2.45) is 4.99 Å². The van der Waals surface area contributed by atoms with Crippen LogP contribution in [0.25, 0.3) is 0 Å². The minimum Gasteiger partial charge on any atom is -0.494 e. The fraction of sp³-hybridized carbons (Fsp3) is 0.562. The first-order chi connectivity index (χ1) is 10.8. The van der Waals surface area contributed by atoms with E-state index >= 15 is 0 Å². The Morgan fingerprint density at radius 1 is 1.04 bits per heavy atom. The maximum absolute atomic E-state index is 12.7. The molecule has 5 nitrogen and oxygen atoms in total. The van der Waals surface area contributed by atoms with Gasteiger partial charge in [0.05, 0.1) is 6.61 Å². The summed E-state index contributed by atoms with van der Waals surface area (Å²) in [6.45, 7) is 3.02. The first-order valence-corrected chi connectivity index (χ1v) is 7.58. The molecule has 23 heavy (non-hydrogen) atoms. The van der Waals surface area contributed by atoms with Gasteiger partial charge in [0.1, 0.15) is 11.6 Å². The zero-order valence-corrected chi connectivity index (χ0v) is 16.1. The van der Waals surface area contributed by atoms with Crippen LogP contribution in [-0.4, -0.2) is 46.4 Å². The summed E-state index contributed by atoms with van der Waals surface area (Å²) in [7, 11) is 3.45. The summed E-state index contributed by atoms with van der Waals surface area (Å²) < 4.78 is 23.3. The Labute approximate surface area is 155 Å². The Morgan fingerprint density at radius 3 is 2.30 bits per heavy atom. The molecule has 0 saturated carbocycles. The summed E-state index contributed by atoms with van der Waals surface area (Å²) >= 11 is 0. The Kier molecular flexibility index (Phi) is 13.8. The average Bonchev–Trinajstić information content (AvgIpc) is 2.54. The van der Waals surface area contributed by atoms with Gasteiger partial charge in [0.2, 0.25) is 0 Å². The fourth-order valence-electron chi connectivity index (χ4n) is 1.80. The third-order valence-corrected chi connectivity index (χ3v) is 2.99. The van der Waals surface area contributed by atoms with Gasteiger partial charge in [0.15, 0.2) is 5.96 Å². The molecule has 0 heterocycles. The summed E-state index contributed by atoms with van der Waals surface area (Å²) in [6, 6.07) is 6.07. The van der Waals surface area contributed by atoms with Gasteiger partial charge in [-0.1, -0.05) is 0 Å². The number of hydrogen-bond donors (Lipinski definition) is 2. The second-order valence-electron chi connectivity index (χ2n) is 4.78. The largest absolute Gasteiger partial charge is 0.494 e. The van der Waals surface area contributed by atoms with Crippen molar-refractivity contribution < 1.29 is 13.9 Å². The molecule has 0 spiro atoms. The van der Waals surface area contributed by atoms with Crippen LogP contribution in [0.5, 0.6) is 5.75 Å². The average molecular weight is 439 g/mol. The lowest BCUT2D eigenvalue weighted by Crippen LogP contribution is -2.38. The van der Waals surface area contributed by atoms with Crippen molar-refractivity contribution in [1.82, 2.24) is 10.6 Å². The van der Waals surface area contributed by atoms with Gasteiger partial charge < -0.3 is 20.1 Å². The molecule has 0 saturated heterocycles. The van der Waals surface area contributed by atoms with Crippen LogP contribution in [0.15, 0.2) is 29.3 Å². The second-order valence-corrected chi connectivity index (χ2v) is 4.78. The van der Waals surface area contributed by atoms with Crippen LogP contribution in [0.1, 0.15) is 19.3 Å². The van der Waals surface area contributed by atoms with E-state index in [0.29, 0.717) is 12.4 Å². The molecule has 0 atom stereocenters. The monoisotopic (exact) mass is 439 g/mol. The van der Waals surface area contributed by atoms with Crippen LogP contribution in [0.2, 0.25) is 0 Å². The zero-order chi connectivity index (χ0) is 16.0. The molecule has 0 amide bonds. The number of ether oxygens (including phenoxy) is 2. The number of methoxy groups -OCH3 is 1. The summed E-state index contributed by atoms with van der Waals surface area (Å²) in [5.74, 6) is 1.25. The van der Waals surface area contributed by atoms with Crippen LogP contribution in [0.4, 0.5) is 4.39 Å². The van der Waals surface area contributed by atoms with Gasteiger partial charge in [-0.05, 0) is 43.5 Å². The van der Waals surface area contributed by atoms with Gasteiger partial charge in [0.25, 0.3) is 0 Å². The number of aliphatic imine (C=N–C) groups is 1. The number of nitrogens with one attached hydrogen (secondary N) is 2. The van der Waals surface area contributed by atoms with Gasteiger partial charge in [-0.2, -0.15) is 0 Å². The maximum Gasteiger partial charge on any atom is 0.190 e. The Balaban J connectivity index is 0.00000484. The van der Waals surface area contributed by atoms with Crippen LogP contribution in [0.3, 0.4) is 0 Å². The Hall–Kier alpha value is -1.09. The van der Waals surface area contributed by atoms with E-state index in [1.807, 2.05) is 0 Å². The molecule has 0 fully saturated rings. The minimum atomic E-state index is -0.249. The van der Waals surface area contributed by atoms with Gasteiger partial charge >= 0.3 is 0 Å². The Morgan fingerprint density at radius 2 is 1.70 bits per heavy atom. The number of hydrogen-bond acceptors (Lipinski definition) is 3. The van der Waals surface area contributed by atoms with Crippen LogP contribution >= 0.6 is 24.0 Å². The lowest BCUT2D eigenvalue weighted by Gasteiger charge is -2.11. The van der Waals surface area contributed by atoms with Crippen molar-refractivity contribution in [2.75, 3.05) is 40.5 Å². The van der Waals surface area contributed by atoms with Crippen molar-refractivity contribution in [2.45, 2.75) is 19.3 Å². The molecular formula is C16H27FIN3O2. The van der Waals surface area contributed by atoms with Gasteiger partial charge in [0, 0.05) is 33.9 Å². The SMILES string of the molecule is CN=C(NCCCCOc1ccc(F)cc1)NCCCOC.I.